The Labute approximate surface area is 204 Å². The number of nitrogens with zero attached hydrogens (tertiary/aromatic N) is 3. The van der Waals surface area contributed by atoms with E-state index in [1.165, 1.54) is 44.8 Å². The van der Waals surface area contributed by atoms with Crippen LogP contribution in [0.15, 0.2) is 47.9 Å². The van der Waals surface area contributed by atoms with Crippen molar-refractivity contribution >= 4 is 11.4 Å². The van der Waals surface area contributed by atoms with E-state index in [1.807, 2.05) is 6.08 Å². The van der Waals surface area contributed by atoms with Crippen molar-refractivity contribution in [2.45, 2.75) is 25.7 Å². The lowest BCUT2D eigenvalue weighted by Gasteiger charge is -2.37. The van der Waals surface area contributed by atoms with E-state index in [9.17, 15) is 5.11 Å². The molecular weight excluding hydrogens is 422 g/mol. The fourth-order valence-corrected chi connectivity index (χ4v) is 5.85. The van der Waals surface area contributed by atoms with Crippen LogP contribution < -0.4 is 5.32 Å². The maximum absolute atomic E-state index is 10.4. The van der Waals surface area contributed by atoms with Crippen molar-refractivity contribution in [3.8, 4) is 0 Å². The number of anilines is 1. The van der Waals surface area contributed by atoms with Crippen LogP contribution in [0.25, 0.3) is 5.57 Å². The SMILES string of the molecule is CN(C)CCN1CCN(CC2C=CC=C(C3CNc4[nH]cc(C5=CCCC=C5O)c4C3)C2)CC1. The van der Waals surface area contributed by atoms with Gasteiger partial charge in [-0.25, -0.2) is 0 Å². The van der Waals surface area contributed by atoms with Gasteiger partial charge in [-0.05, 0) is 51.8 Å². The number of fused-ring (bicyclic) bond motifs is 1. The number of aromatic nitrogens is 1. The van der Waals surface area contributed by atoms with Crippen LogP contribution in [-0.2, 0) is 6.42 Å². The molecule has 1 fully saturated rings. The van der Waals surface area contributed by atoms with E-state index < -0.39 is 0 Å². The molecule has 2 aliphatic heterocycles. The maximum atomic E-state index is 10.4. The van der Waals surface area contributed by atoms with Crippen molar-refractivity contribution in [2.24, 2.45) is 11.8 Å². The first-order chi connectivity index (χ1) is 16.6. The Morgan fingerprint density at radius 3 is 2.65 bits per heavy atom. The van der Waals surface area contributed by atoms with Crippen molar-refractivity contribution < 1.29 is 5.11 Å². The molecule has 2 unspecified atom stereocenters. The number of allylic oxidation sites excluding steroid dienone is 5. The summed E-state index contributed by atoms with van der Waals surface area (Å²) in [5.74, 6) is 2.67. The number of H-pyrrole nitrogens is 1. The largest absolute Gasteiger partial charge is 0.508 e. The summed E-state index contributed by atoms with van der Waals surface area (Å²) in [5, 5.41) is 14.1. The molecule has 2 aliphatic carbocycles. The summed E-state index contributed by atoms with van der Waals surface area (Å²) in [6.07, 6.45) is 17.4. The van der Waals surface area contributed by atoms with E-state index in [0.29, 0.717) is 17.6 Å². The normalized spacial score (nSPS) is 26.0. The molecule has 5 rings (SSSR count). The van der Waals surface area contributed by atoms with Gasteiger partial charge >= 0.3 is 0 Å². The average Bonchev–Trinajstić information content (AvgIpc) is 3.27. The highest BCUT2D eigenvalue weighted by atomic mass is 16.3. The standard InChI is InChI=1S/C28H41N5O/c1-31(2)10-11-32-12-14-33(15-13-32)20-21-6-5-7-22(16-21)23-17-25-26(19-30-28(25)29-18-23)24-8-3-4-9-27(24)34/h5-9,19,21,23,29-30,34H,3-4,10-18,20H2,1-2H3. The Hall–Kier alpha value is -2.28. The van der Waals surface area contributed by atoms with Crippen LogP contribution in [0.2, 0.25) is 0 Å². The van der Waals surface area contributed by atoms with Gasteiger partial charge in [-0.2, -0.15) is 0 Å². The molecule has 0 saturated carbocycles. The molecule has 3 N–H and O–H groups in total. The lowest BCUT2D eigenvalue weighted by atomic mass is 9.80. The van der Waals surface area contributed by atoms with Gasteiger partial charge in [0.25, 0.3) is 0 Å². The minimum absolute atomic E-state index is 0.428. The van der Waals surface area contributed by atoms with Gasteiger partial charge in [-0.3, -0.25) is 4.90 Å². The zero-order valence-electron chi connectivity index (χ0n) is 20.9. The van der Waals surface area contributed by atoms with Crippen LogP contribution in [0, 0.1) is 11.8 Å². The average molecular weight is 464 g/mol. The fourth-order valence-electron chi connectivity index (χ4n) is 5.85. The van der Waals surface area contributed by atoms with Crippen LogP contribution in [0.4, 0.5) is 5.82 Å². The lowest BCUT2D eigenvalue weighted by Crippen LogP contribution is -2.49. The summed E-state index contributed by atoms with van der Waals surface area (Å²) in [6, 6.07) is 0. The van der Waals surface area contributed by atoms with Crippen molar-refractivity contribution in [1.82, 2.24) is 19.7 Å². The second kappa shape index (κ2) is 10.5. The van der Waals surface area contributed by atoms with Crippen LogP contribution in [0.1, 0.15) is 30.4 Å². The summed E-state index contributed by atoms with van der Waals surface area (Å²) in [5.41, 5.74) is 5.05. The van der Waals surface area contributed by atoms with Gasteiger partial charge in [-0.1, -0.05) is 29.9 Å². The number of aliphatic hydroxyl groups is 1. The van der Waals surface area contributed by atoms with Gasteiger partial charge in [0.15, 0.2) is 0 Å². The lowest BCUT2D eigenvalue weighted by molar-refractivity contribution is 0.117. The van der Waals surface area contributed by atoms with Gasteiger partial charge in [0.05, 0.1) is 0 Å². The molecule has 184 valence electrons. The van der Waals surface area contributed by atoms with Crippen molar-refractivity contribution in [3.05, 3.63) is 59.0 Å². The summed E-state index contributed by atoms with van der Waals surface area (Å²) < 4.78 is 0. The maximum Gasteiger partial charge on any atom is 0.119 e. The van der Waals surface area contributed by atoms with Crippen molar-refractivity contribution in [1.29, 1.82) is 0 Å². The van der Waals surface area contributed by atoms with E-state index in [4.69, 9.17) is 0 Å². The fraction of sp³-hybridized carbons (Fsp3) is 0.571. The molecule has 1 aromatic rings. The quantitative estimate of drug-likeness (QED) is 0.573. The van der Waals surface area contributed by atoms with Gasteiger partial charge in [0.2, 0.25) is 0 Å². The minimum atomic E-state index is 0.428. The first-order valence-electron chi connectivity index (χ1n) is 13.1. The minimum Gasteiger partial charge on any atom is -0.508 e. The molecule has 2 atom stereocenters. The molecule has 1 saturated heterocycles. The number of aromatic amines is 1. The van der Waals surface area contributed by atoms with Crippen molar-refractivity contribution in [2.75, 3.05) is 71.8 Å². The van der Waals surface area contributed by atoms with Gasteiger partial charge in [-0.15, -0.1) is 0 Å². The highest BCUT2D eigenvalue weighted by molar-refractivity contribution is 5.82. The second-order valence-electron chi connectivity index (χ2n) is 10.7. The molecule has 34 heavy (non-hydrogen) atoms. The number of hydrogen-bond acceptors (Lipinski definition) is 5. The number of hydrogen-bond donors (Lipinski definition) is 3. The zero-order valence-corrected chi connectivity index (χ0v) is 20.9. The Kier molecular flexibility index (Phi) is 7.28. The van der Waals surface area contributed by atoms with Gasteiger partial charge in [0.1, 0.15) is 11.6 Å². The first-order valence-corrected chi connectivity index (χ1v) is 13.1. The van der Waals surface area contributed by atoms with Crippen LogP contribution in [-0.4, -0.2) is 91.2 Å². The van der Waals surface area contributed by atoms with E-state index in [0.717, 1.165) is 55.7 Å². The highest BCUT2D eigenvalue weighted by Crippen LogP contribution is 2.38. The Balaban J connectivity index is 1.17. The van der Waals surface area contributed by atoms with Crippen molar-refractivity contribution in [3.63, 3.8) is 0 Å². The molecule has 0 amide bonds. The monoisotopic (exact) mass is 463 g/mol. The highest BCUT2D eigenvalue weighted by Gasteiger charge is 2.29. The molecule has 0 radical (unpaired) electrons. The molecular formula is C28H41N5O. The predicted molar refractivity (Wildman–Crippen MR) is 141 cm³/mol. The van der Waals surface area contributed by atoms with Crippen LogP contribution in [0.3, 0.4) is 0 Å². The van der Waals surface area contributed by atoms with E-state index in [2.05, 4.69) is 69.6 Å². The summed E-state index contributed by atoms with van der Waals surface area (Å²) in [6.45, 7) is 9.22. The van der Waals surface area contributed by atoms with E-state index in [1.54, 1.807) is 5.57 Å². The predicted octanol–water partition coefficient (Wildman–Crippen LogP) is 3.90. The second-order valence-corrected chi connectivity index (χ2v) is 10.7. The smallest absolute Gasteiger partial charge is 0.119 e. The molecule has 0 bridgehead atoms. The summed E-state index contributed by atoms with van der Waals surface area (Å²) in [4.78, 5) is 11.0. The first kappa shape index (κ1) is 23.5. The van der Waals surface area contributed by atoms with Gasteiger partial charge < -0.3 is 25.2 Å². The van der Waals surface area contributed by atoms with E-state index in [-0.39, 0.29) is 0 Å². The Morgan fingerprint density at radius 1 is 1.06 bits per heavy atom. The number of aliphatic hydroxyl groups excluding tert-OH is 1. The molecule has 0 aromatic carbocycles. The number of rotatable bonds is 7. The van der Waals surface area contributed by atoms with Crippen LogP contribution in [0.5, 0.6) is 0 Å². The Bertz CT molecular complexity index is 977. The molecule has 1 aromatic heterocycles. The third-order valence-corrected chi connectivity index (χ3v) is 7.92. The summed E-state index contributed by atoms with van der Waals surface area (Å²) in [7, 11) is 4.31. The Morgan fingerprint density at radius 2 is 1.85 bits per heavy atom. The summed E-state index contributed by atoms with van der Waals surface area (Å²) >= 11 is 0. The number of likely N-dealkylation sites (N-methyl/N-ethyl adjacent to an activating group) is 1. The molecule has 6 heteroatoms. The molecule has 0 spiro atoms. The number of piperazine rings is 1. The third-order valence-electron chi connectivity index (χ3n) is 7.92. The third kappa shape index (κ3) is 5.35. The van der Waals surface area contributed by atoms with Crippen LogP contribution >= 0.6 is 0 Å². The van der Waals surface area contributed by atoms with Gasteiger partial charge in [0, 0.05) is 81.2 Å². The molecule has 4 aliphatic rings. The number of nitrogens with one attached hydrogen (secondary N) is 2. The topological polar surface area (TPSA) is 57.8 Å². The molecule has 3 heterocycles. The molecule has 6 nitrogen and oxygen atoms in total. The van der Waals surface area contributed by atoms with E-state index >= 15 is 0 Å². The zero-order chi connectivity index (χ0) is 23.5.